The molecule has 0 aliphatic carbocycles. The molecule has 0 saturated heterocycles. The number of nitrogens with one attached hydrogen (secondary N) is 3. The number of carboxylic acids is 2. The van der Waals surface area contributed by atoms with Crippen LogP contribution < -0.4 is 21.7 Å². The number of aliphatic carboxylic acids is 2. The molecule has 7 N–H and O–H groups in total. The maximum atomic E-state index is 12.9. The maximum absolute atomic E-state index is 12.9. The maximum Gasteiger partial charge on any atom is 0.326 e. The van der Waals surface area contributed by atoms with Gasteiger partial charge in [0.2, 0.25) is 17.7 Å². The Morgan fingerprint density at radius 2 is 1.25 bits per heavy atom. The van der Waals surface area contributed by atoms with E-state index >= 15 is 0 Å². The number of hydrogen-bond donors (Lipinski definition) is 6. The fraction of sp³-hybridized carbons (Fsp3) is 0.762. The molecule has 0 spiro atoms. The van der Waals surface area contributed by atoms with Gasteiger partial charge in [0.1, 0.15) is 18.1 Å². The molecule has 0 aromatic carbocycles. The van der Waals surface area contributed by atoms with Crippen molar-refractivity contribution in [2.75, 3.05) is 0 Å². The number of rotatable bonds is 14. The summed E-state index contributed by atoms with van der Waals surface area (Å²) in [5.41, 5.74) is 5.73. The third-order valence-electron chi connectivity index (χ3n) is 4.82. The lowest BCUT2D eigenvalue weighted by Crippen LogP contribution is -2.59. The highest BCUT2D eigenvalue weighted by atomic mass is 16.4. The van der Waals surface area contributed by atoms with Crippen molar-refractivity contribution in [3.8, 4) is 0 Å². The van der Waals surface area contributed by atoms with Gasteiger partial charge in [-0.3, -0.25) is 19.2 Å². The Hall–Kier alpha value is -2.69. The molecule has 3 amide bonds. The van der Waals surface area contributed by atoms with E-state index in [1.54, 1.807) is 27.7 Å². The van der Waals surface area contributed by atoms with E-state index in [2.05, 4.69) is 16.0 Å². The summed E-state index contributed by atoms with van der Waals surface area (Å²) in [5, 5.41) is 25.7. The number of amides is 3. The van der Waals surface area contributed by atoms with Crippen molar-refractivity contribution in [1.29, 1.82) is 0 Å². The van der Waals surface area contributed by atoms with Gasteiger partial charge in [0.25, 0.3) is 0 Å². The highest BCUT2D eigenvalue weighted by Gasteiger charge is 2.33. The molecule has 0 rings (SSSR count). The zero-order chi connectivity index (χ0) is 25.2. The van der Waals surface area contributed by atoms with Crippen molar-refractivity contribution >= 4 is 29.7 Å². The van der Waals surface area contributed by atoms with E-state index in [1.165, 1.54) is 0 Å². The van der Waals surface area contributed by atoms with Crippen molar-refractivity contribution in [2.45, 2.75) is 85.0 Å². The number of carboxylic acid groups (broad SMARTS) is 2. The summed E-state index contributed by atoms with van der Waals surface area (Å²) in [6.45, 7) is 10.4. The Morgan fingerprint density at radius 3 is 1.66 bits per heavy atom. The minimum absolute atomic E-state index is 0.0185. The van der Waals surface area contributed by atoms with Gasteiger partial charge < -0.3 is 31.9 Å². The second kappa shape index (κ2) is 13.7. The standard InChI is InChI=1S/C21H38N4O7/c1-10(2)9-14(23-18(28)13(22)7-8-15(26)27)19(29)24-16(11(3)4)20(30)25-17(12(5)6)21(31)32/h10-14,16-17H,7-9,22H2,1-6H3,(H,23,28)(H,24,29)(H,25,30)(H,26,27)(H,31,32). The average Bonchev–Trinajstić information content (AvgIpc) is 2.65. The van der Waals surface area contributed by atoms with Crippen LogP contribution in [0, 0.1) is 17.8 Å². The molecule has 4 atom stereocenters. The first kappa shape index (κ1) is 29.3. The minimum Gasteiger partial charge on any atom is -0.481 e. The van der Waals surface area contributed by atoms with Crippen molar-refractivity contribution < 1.29 is 34.2 Å². The summed E-state index contributed by atoms with van der Waals surface area (Å²) in [6.07, 6.45) is -0.106. The van der Waals surface area contributed by atoms with E-state index in [-0.39, 0.29) is 37.0 Å². The van der Waals surface area contributed by atoms with E-state index in [1.807, 2.05) is 13.8 Å². The third kappa shape index (κ3) is 10.6. The largest absolute Gasteiger partial charge is 0.481 e. The molecule has 0 aromatic rings. The number of carbonyl (C=O) groups excluding carboxylic acids is 3. The van der Waals surface area contributed by atoms with Gasteiger partial charge in [-0.15, -0.1) is 0 Å². The molecule has 0 aliphatic heterocycles. The van der Waals surface area contributed by atoms with Gasteiger partial charge in [-0.25, -0.2) is 4.79 Å². The molecule has 11 nitrogen and oxygen atoms in total. The van der Waals surface area contributed by atoms with Crippen LogP contribution in [0.3, 0.4) is 0 Å². The smallest absolute Gasteiger partial charge is 0.326 e. The highest BCUT2D eigenvalue weighted by Crippen LogP contribution is 2.10. The molecule has 0 heterocycles. The van der Waals surface area contributed by atoms with Gasteiger partial charge in [0.15, 0.2) is 0 Å². The zero-order valence-electron chi connectivity index (χ0n) is 19.7. The van der Waals surface area contributed by atoms with E-state index < -0.39 is 53.8 Å². The van der Waals surface area contributed by atoms with Crippen LogP contribution in [-0.2, 0) is 24.0 Å². The zero-order valence-corrected chi connectivity index (χ0v) is 19.7. The number of nitrogens with two attached hydrogens (primary N) is 1. The van der Waals surface area contributed by atoms with Crippen LogP contribution in [0.25, 0.3) is 0 Å². The van der Waals surface area contributed by atoms with Gasteiger partial charge in [-0.1, -0.05) is 41.5 Å². The molecule has 0 aliphatic rings. The van der Waals surface area contributed by atoms with Gasteiger partial charge in [-0.05, 0) is 30.6 Å². The summed E-state index contributed by atoms with van der Waals surface area (Å²) in [5.74, 6) is -4.87. The lowest BCUT2D eigenvalue weighted by molar-refractivity contribution is -0.144. The summed E-state index contributed by atoms with van der Waals surface area (Å²) >= 11 is 0. The topological polar surface area (TPSA) is 188 Å². The number of hydrogen-bond acceptors (Lipinski definition) is 6. The fourth-order valence-corrected chi connectivity index (χ4v) is 2.94. The predicted molar refractivity (Wildman–Crippen MR) is 117 cm³/mol. The first-order valence-electron chi connectivity index (χ1n) is 10.8. The molecule has 32 heavy (non-hydrogen) atoms. The van der Waals surface area contributed by atoms with Gasteiger partial charge in [0.05, 0.1) is 6.04 Å². The van der Waals surface area contributed by atoms with E-state index in [0.29, 0.717) is 0 Å². The molecule has 0 fully saturated rings. The van der Waals surface area contributed by atoms with Crippen molar-refractivity contribution in [2.24, 2.45) is 23.5 Å². The van der Waals surface area contributed by atoms with Crippen LogP contribution in [0.15, 0.2) is 0 Å². The molecular weight excluding hydrogens is 420 g/mol. The monoisotopic (exact) mass is 458 g/mol. The summed E-state index contributed by atoms with van der Waals surface area (Å²) < 4.78 is 0. The Balaban J connectivity index is 5.39. The molecule has 11 heteroatoms. The second-order valence-electron chi connectivity index (χ2n) is 9.03. The molecule has 184 valence electrons. The normalized spacial score (nSPS) is 15.1. The Bertz CT molecular complexity index is 679. The van der Waals surface area contributed by atoms with Crippen LogP contribution in [0.4, 0.5) is 0 Å². The Labute approximate surface area is 188 Å². The van der Waals surface area contributed by atoms with E-state index in [4.69, 9.17) is 10.8 Å². The lowest BCUT2D eigenvalue weighted by Gasteiger charge is -2.28. The fourth-order valence-electron chi connectivity index (χ4n) is 2.94. The third-order valence-corrected chi connectivity index (χ3v) is 4.82. The molecule has 0 saturated carbocycles. The van der Waals surface area contributed by atoms with E-state index in [9.17, 15) is 29.1 Å². The van der Waals surface area contributed by atoms with Gasteiger partial charge >= 0.3 is 11.9 Å². The van der Waals surface area contributed by atoms with Crippen LogP contribution >= 0.6 is 0 Å². The van der Waals surface area contributed by atoms with Crippen molar-refractivity contribution in [3.05, 3.63) is 0 Å². The quantitative estimate of drug-likeness (QED) is 0.211. The molecule has 0 aromatic heterocycles. The molecule has 0 radical (unpaired) electrons. The lowest BCUT2D eigenvalue weighted by atomic mass is 9.98. The van der Waals surface area contributed by atoms with E-state index in [0.717, 1.165) is 0 Å². The Morgan fingerprint density at radius 1 is 0.750 bits per heavy atom. The first-order valence-corrected chi connectivity index (χ1v) is 10.8. The first-order chi connectivity index (χ1) is 14.7. The highest BCUT2D eigenvalue weighted by molar-refractivity contribution is 5.94. The van der Waals surface area contributed by atoms with Crippen LogP contribution in [0.1, 0.15) is 60.8 Å². The number of carbonyl (C=O) groups is 5. The summed E-state index contributed by atoms with van der Waals surface area (Å²) in [7, 11) is 0. The summed E-state index contributed by atoms with van der Waals surface area (Å²) in [4.78, 5) is 60.1. The average molecular weight is 459 g/mol. The molecule has 4 unspecified atom stereocenters. The van der Waals surface area contributed by atoms with Crippen molar-refractivity contribution in [1.82, 2.24) is 16.0 Å². The molecular formula is C21H38N4O7. The van der Waals surface area contributed by atoms with Crippen molar-refractivity contribution in [3.63, 3.8) is 0 Å². The van der Waals surface area contributed by atoms with Gasteiger partial charge in [-0.2, -0.15) is 0 Å². The second-order valence-corrected chi connectivity index (χ2v) is 9.03. The Kier molecular flexibility index (Phi) is 12.5. The van der Waals surface area contributed by atoms with Gasteiger partial charge in [0, 0.05) is 6.42 Å². The van der Waals surface area contributed by atoms with Crippen LogP contribution in [0.2, 0.25) is 0 Å². The SMILES string of the molecule is CC(C)CC(NC(=O)C(N)CCC(=O)O)C(=O)NC(C(=O)NC(C(=O)O)C(C)C)C(C)C. The summed E-state index contributed by atoms with van der Waals surface area (Å²) in [6, 6.07) is -4.22. The van der Waals surface area contributed by atoms with Crippen LogP contribution in [0.5, 0.6) is 0 Å². The molecule has 0 bridgehead atoms. The minimum atomic E-state index is -1.18. The van der Waals surface area contributed by atoms with Crippen LogP contribution in [-0.4, -0.2) is 64.0 Å². The predicted octanol–water partition coefficient (Wildman–Crippen LogP) is 0.0756.